The van der Waals surface area contributed by atoms with Crippen LogP contribution in [0.4, 0.5) is 0 Å². The van der Waals surface area contributed by atoms with Crippen LogP contribution in [0.2, 0.25) is 0 Å². The number of rotatable bonds is 3. The first-order valence-electron chi connectivity index (χ1n) is 9.45. The van der Waals surface area contributed by atoms with Gasteiger partial charge in [-0.05, 0) is 57.2 Å². The van der Waals surface area contributed by atoms with Crippen molar-refractivity contribution >= 4 is 5.91 Å². The van der Waals surface area contributed by atoms with Crippen molar-refractivity contribution in [3.8, 4) is 22.9 Å². The van der Waals surface area contributed by atoms with Crippen molar-refractivity contribution in [2.75, 3.05) is 13.1 Å². The maximum atomic E-state index is 12.8. The van der Waals surface area contributed by atoms with E-state index in [1.807, 2.05) is 62.1 Å². The molecule has 1 saturated heterocycles. The number of nitrogens with zero attached hydrogens (tertiary/aromatic N) is 3. The molecule has 28 heavy (non-hydrogen) atoms. The monoisotopic (exact) mass is 377 g/mol. The highest BCUT2D eigenvalue weighted by Gasteiger charge is 2.26. The van der Waals surface area contributed by atoms with Crippen LogP contribution in [0.15, 0.2) is 52.9 Å². The highest BCUT2D eigenvalue weighted by Crippen LogP contribution is 2.25. The molecule has 2 heterocycles. The Morgan fingerprint density at radius 2 is 1.39 bits per heavy atom. The second kappa shape index (κ2) is 7.56. The summed E-state index contributed by atoms with van der Waals surface area (Å²) >= 11 is 0. The van der Waals surface area contributed by atoms with Gasteiger partial charge in [-0.2, -0.15) is 0 Å². The molecule has 1 aliphatic rings. The Kier molecular flexibility index (Phi) is 4.96. The van der Waals surface area contributed by atoms with Crippen molar-refractivity contribution in [3.63, 3.8) is 0 Å². The van der Waals surface area contributed by atoms with Crippen LogP contribution in [0.5, 0.6) is 0 Å². The van der Waals surface area contributed by atoms with E-state index in [9.17, 15) is 4.79 Å². The number of aromatic nitrogens is 2. The zero-order valence-corrected chi connectivity index (χ0v) is 16.3. The maximum absolute atomic E-state index is 12.8. The smallest absolute Gasteiger partial charge is 0.254 e. The summed E-state index contributed by atoms with van der Waals surface area (Å²) in [4.78, 5) is 14.6. The zero-order valence-electron chi connectivity index (χ0n) is 16.3. The van der Waals surface area contributed by atoms with Gasteiger partial charge >= 0.3 is 0 Å². The molecule has 0 bridgehead atoms. The van der Waals surface area contributed by atoms with Crippen molar-refractivity contribution < 1.29 is 13.9 Å². The van der Waals surface area contributed by atoms with Gasteiger partial charge in [0.1, 0.15) is 0 Å². The van der Waals surface area contributed by atoms with E-state index in [4.69, 9.17) is 9.15 Å². The van der Waals surface area contributed by atoms with Gasteiger partial charge in [-0.1, -0.05) is 17.7 Å². The summed E-state index contributed by atoms with van der Waals surface area (Å²) < 4.78 is 11.5. The van der Waals surface area contributed by atoms with Crippen LogP contribution in [0.3, 0.4) is 0 Å². The van der Waals surface area contributed by atoms with Crippen molar-refractivity contribution in [3.05, 3.63) is 59.7 Å². The first kappa shape index (κ1) is 18.4. The number of ether oxygens (including phenoxy) is 1. The lowest BCUT2D eigenvalue weighted by atomic mass is 10.1. The van der Waals surface area contributed by atoms with E-state index in [-0.39, 0.29) is 18.1 Å². The van der Waals surface area contributed by atoms with Gasteiger partial charge in [-0.3, -0.25) is 4.79 Å². The molecule has 1 fully saturated rings. The fourth-order valence-electron chi connectivity index (χ4n) is 3.43. The molecule has 2 aromatic carbocycles. The van der Waals surface area contributed by atoms with Crippen molar-refractivity contribution in [2.45, 2.75) is 33.0 Å². The lowest BCUT2D eigenvalue weighted by Gasteiger charge is -2.35. The van der Waals surface area contributed by atoms with E-state index >= 15 is 0 Å². The average molecular weight is 377 g/mol. The molecule has 0 N–H and O–H groups in total. The van der Waals surface area contributed by atoms with Gasteiger partial charge in [0, 0.05) is 29.8 Å². The fraction of sp³-hybridized carbons (Fsp3) is 0.318. The quantitative estimate of drug-likeness (QED) is 0.691. The minimum Gasteiger partial charge on any atom is -0.416 e. The van der Waals surface area contributed by atoms with Gasteiger partial charge in [-0.15, -0.1) is 10.2 Å². The molecule has 1 amide bonds. The summed E-state index contributed by atoms with van der Waals surface area (Å²) in [5.41, 5.74) is 3.48. The van der Waals surface area contributed by atoms with Crippen molar-refractivity contribution in [2.24, 2.45) is 0 Å². The Morgan fingerprint density at radius 1 is 0.893 bits per heavy atom. The van der Waals surface area contributed by atoms with E-state index in [2.05, 4.69) is 10.2 Å². The Labute approximate surface area is 164 Å². The number of aryl methyl sites for hydroxylation is 1. The Morgan fingerprint density at radius 3 is 1.93 bits per heavy atom. The average Bonchev–Trinajstić information content (AvgIpc) is 3.17. The third-order valence-electron chi connectivity index (χ3n) is 4.81. The van der Waals surface area contributed by atoms with Crippen molar-refractivity contribution in [1.29, 1.82) is 0 Å². The number of morpholine rings is 1. The van der Waals surface area contributed by atoms with E-state index in [1.54, 1.807) is 12.1 Å². The predicted molar refractivity (Wildman–Crippen MR) is 106 cm³/mol. The number of carbonyl (C=O) groups is 1. The SMILES string of the molecule is Cc1ccc(-c2nnc(-c3ccc(C(=O)N4CC(C)OC(C)C4)cc3)o2)cc1. The zero-order chi connectivity index (χ0) is 19.7. The van der Waals surface area contributed by atoms with Gasteiger partial charge in [0.2, 0.25) is 11.8 Å². The number of hydrogen-bond acceptors (Lipinski definition) is 5. The molecular weight excluding hydrogens is 354 g/mol. The molecule has 6 heteroatoms. The summed E-state index contributed by atoms with van der Waals surface area (Å²) in [6.07, 6.45) is 0.0936. The van der Waals surface area contributed by atoms with Gasteiger partial charge in [0.25, 0.3) is 5.91 Å². The fourth-order valence-corrected chi connectivity index (χ4v) is 3.43. The lowest BCUT2D eigenvalue weighted by Crippen LogP contribution is -2.48. The molecule has 0 saturated carbocycles. The number of carbonyl (C=O) groups excluding carboxylic acids is 1. The van der Waals surface area contributed by atoms with Crippen LogP contribution in [0, 0.1) is 6.92 Å². The standard InChI is InChI=1S/C22H23N3O3/c1-14-4-6-17(7-5-14)20-23-24-21(28-20)18-8-10-19(11-9-18)22(26)25-12-15(2)27-16(3)13-25/h4-11,15-16H,12-13H2,1-3H3. The third-order valence-corrected chi connectivity index (χ3v) is 4.81. The molecule has 3 aromatic rings. The summed E-state index contributed by atoms with van der Waals surface area (Å²) in [5, 5.41) is 8.28. The van der Waals surface area contributed by atoms with E-state index in [1.165, 1.54) is 5.56 Å². The first-order valence-corrected chi connectivity index (χ1v) is 9.45. The number of amides is 1. The predicted octanol–water partition coefficient (Wildman–Crippen LogP) is 3.96. The van der Waals surface area contributed by atoms with Crippen LogP contribution in [-0.4, -0.2) is 46.3 Å². The van der Waals surface area contributed by atoms with Crippen LogP contribution >= 0.6 is 0 Å². The van der Waals surface area contributed by atoms with E-state index in [0.717, 1.165) is 11.1 Å². The molecular formula is C22H23N3O3. The van der Waals surface area contributed by atoms with Crippen LogP contribution in [0.1, 0.15) is 29.8 Å². The lowest BCUT2D eigenvalue weighted by molar-refractivity contribution is -0.0586. The molecule has 1 aromatic heterocycles. The number of benzene rings is 2. The first-order chi connectivity index (χ1) is 13.5. The molecule has 0 spiro atoms. The third kappa shape index (κ3) is 3.82. The minimum atomic E-state index is 0.0134. The summed E-state index contributed by atoms with van der Waals surface area (Å²) in [5.74, 6) is 0.925. The molecule has 0 radical (unpaired) electrons. The molecule has 2 atom stereocenters. The van der Waals surface area contributed by atoms with Gasteiger partial charge < -0.3 is 14.1 Å². The molecule has 4 rings (SSSR count). The molecule has 1 aliphatic heterocycles. The van der Waals surface area contributed by atoms with Gasteiger partial charge in [0.05, 0.1) is 12.2 Å². The number of hydrogen-bond donors (Lipinski definition) is 0. The Hall–Kier alpha value is -2.99. The highest BCUT2D eigenvalue weighted by molar-refractivity contribution is 5.94. The van der Waals surface area contributed by atoms with Crippen molar-refractivity contribution in [1.82, 2.24) is 15.1 Å². The Bertz CT molecular complexity index is 953. The minimum absolute atomic E-state index is 0.0134. The van der Waals surface area contributed by atoms with E-state index in [0.29, 0.717) is 30.4 Å². The second-order valence-electron chi connectivity index (χ2n) is 7.32. The molecule has 6 nitrogen and oxygen atoms in total. The Balaban J connectivity index is 1.50. The molecule has 0 aliphatic carbocycles. The summed E-state index contributed by atoms with van der Waals surface area (Å²) in [6.45, 7) is 7.22. The van der Waals surface area contributed by atoms with Crippen LogP contribution in [-0.2, 0) is 4.74 Å². The molecule has 144 valence electrons. The van der Waals surface area contributed by atoms with Crippen LogP contribution in [0.25, 0.3) is 22.9 Å². The van der Waals surface area contributed by atoms with E-state index < -0.39 is 0 Å². The highest BCUT2D eigenvalue weighted by atomic mass is 16.5. The summed E-state index contributed by atoms with van der Waals surface area (Å²) in [7, 11) is 0. The molecule has 2 unspecified atom stereocenters. The van der Waals surface area contributed by atoms with Crippen LogP contribution < -0.4 is 0 Å². The van der Waals surface area contributed by atoms with Gasteiger partial charge in [-0.25, -0.2) is 0 Å². The summed E-state index contributed by atoms with van der Waals surface area (Å²) in [6, 6.07) is 15.2. The maximum Gasteiger partial charge on any atom is 0.254 e. The van der Waals surface area contributed by atoms with Gasteiger partial charge in [0.15, 0.2) is 0 Å². The second-order valence-corrected chi connectivity index (χ2v) is 7.32. The largest absolute Gasteiger partial charge is 0.416 e. The normalized spacial score (nSPS) is 19.6. The topological polar surface area (TPSA) is 68.5 Å².